The Morgan fingerprint density at radius 3 is 2.37 bits per heavy atom. The van der Waals surface area contributed by atoms with Gasteiger partial charge in [-0.1, -0.05) is 58.9 Å². The largest absolute Gasteiger partial charge is 0.316 e. The van der Waals surface area contributed by atoms with Crippen LogP contribution in [0.15, 0.2) is 24.3 Å². The first-order valence-electron chi connectivity index (χ1n) is 7.78. The Hall–Kier alpha value is -0.820. The van der Waals surface area contributed by atoms with Crippen molar-refractivity contribution in [1.29, 1.82) is 0 Å². The zero-order valence-corrected chi connectivity index (χ0v) is 13.4. The van der Waals surface area contributed by atoms with E-state index >= 15 is 0 Å². The highest BCUT2D eigenvalue weighted by atomic mass is 14.8. The van der Waals surface area contributed by atoms with E-state index < -0.39 is 0 Å². The second-order valence-corrected chi connectivity index (χ2v) is 6.63. The summed E-state index contributed by atoms with van der Waals surface area (Å²) in [6.45, 7) is 13.7. The van der Waals surface area contributed by atoms with Crippen LogP contribution in [-0.4, -0.2) is 13.1 Å². The predicted octanol–water partition coefficient (Wildman–Crippen LogP) is 4.62. The van der Waals surface area contributed by atoms with Crippen LogP contribution in [0, 0.1) is 11.8 Å². The zero-order chi connectivity index (χ0) is 14.3. The monoisotopic (exact) mass is 261 g/mol. The smallest absolute Gasteiger partial charge is 0.00258 e. The van der Waals surface area contributed by atoms with E-state index in [4.69, 9.17) is 0 Å². The van der Waals surface area contributed by atoms with Crippen molar-refractivity contribution >= 4 is 0 Å². The fourth-order valence-corrected chi connectivity index (χ4v) is 2.37. The second-order valence-electron chi connectivity index (χ2n) is 6.63. The molecule has 0 radical (unpaired) electrons. The fourth-order valence-electron chi connectivity index (χ4n) is 2.37. The summed E-state index contributed by atoms with van der Waals surface area (Å²) in [7, 11) is 0. The van der Waals surface area contributed by atoms with Gasteiger partial charge in [0, 0.05) is 0 Å². The number of hydrogen-bond donors (Lipinski definition) is 1. The maximum Gasteiger partial charge on any atom is -0.00258 e. The van der Waals surface area contributed by atoms with Crippen molar-refractivity contribution in [1.82, 2.24) is 5.32 Å². The van der Waals surface area contributed by atoms with E-state index in [0.29, 0.717) is 5.92 Å². The highest BCUT2D eigenvalue weighted by Crippen LogP contribution is 2.20. The van der Waals surface area contributed by atoms with Crippen molar-refractivity contribution in [3.63, 3.8) is 0 Å². The molecule has 0 aliphatic rings. The molecule has 108 valence electrons. The van der Waals surface area contributed by atoms with Crippen LogP contribution < -0.4 is 5.32 Å². The lowest BCUT2D eigenvalue weighted by Crippen LogP contribution is -2.21. The van der Waals surface area contributed by atoms with Crippen molar-refractivity contribution in [2.24, 2.45) is 11.8 Å². The standard InChI is InChI=1S/C18H31N/c1-14(2)11-17-7-6-8-18(12-17)16(5)9-10-19-13-15(3)4/h6-8,12,14-16,19H,9-11,13H2,1-5H3. The molecule has 1 atom stereocenters. The third-order valence-electron chi connectivity index (χ3n) is 3.47. The Labute approximate surface area is 119 Å². The Bertz CT molecular complexity index is 354. The number of rotatable bonds is 8. The van der Waals surface area contributed by atoms with Crippen LogP contribution in [0.1, 0.15) is 58.1 Å². The molecule has 1 aromatic rings. The molecule has 0 heterocycles. The summed E-state index contributed by atoms with van der Waals surface area (Å²) in [5.41, 5.74) is 2.97. The summed E-state index contributed by atoms with van der Waals surface area (Å²) in [5, 5.41) is 3.53. The summed E-state index contributed by atoms with van der Waals surface area (Å²) in [4.78, 5) is 0. The molecular formula is C18H31N. The van der Waals surface area contributed by atoms with E-state index in [2.05, 4.69) is 64.2 Å². The van der Waals surface area contributed by atoms with Crippen LogP contribution in [0.5, 0.6) is 0 Å². The van der Waals surface area contributed by atoms with Gasteiger partial charge in [0.1, 0.15) is 0 Å². The molecule has 0 fully saturated rings. The number of hydrogen-bond acceptors (Lipinski definition) is 1. The van der Waals surface area contributed by atoms with Crippen molar-refractivity contribution in [2.45, 2.75) is 53.4 Å². The van der Waals surface area contributed by atoms with E-state index in [9.17, 15) is 0 Å². The van der Waals surface area contributed by atoms with E-state index in [1.165, 1.54) is 24.0 Å². The molecule has 0 aliphatic carbocycles. The predicted molar refractivity (Wildman–Crippen MR) is 85.7 cm³/mol. The number of benzene rings is 1. The summed E-state index contributed by atoms with van der Waals surface area (Å²) in [5.74, 6) is 2.12. The molecule has 0 amide bonds. The zero-order valence-electron chi connectivity index (χ0n) is 13.4. The Kier molecular flexibility index (Phi) is 7.15. The molecule has 1 aromatic carbocycles. The van der Waals surface area contributed by atoms with Crippen LogP contribution in [0.25, 0.3) is 0 Å². The lowest BCUT2D eigenvalue weighted by atomic mass is 9.93. The summed E-state index contributed by atoms with van der Waals surface area (Å²) in [6.07, 6.45) is 2.41. The van der Waals surface area contributed by atoms with Gasteiger partial charge in [-0.15, -0.1) is 0 Å². The van der Waals surface area contributed by atoms with Gasteiger partial charge in [-0.05, 0) is 54.8 Å². The molecule has 0 spiro atoms. The average molecular weight is 261 g/mol. The second kappa shape index (κ2) is 8.37. The van der Waals surface area contributed by atoms with Crippen LogP contribution in [0.4, 0.5) is 0 Å². The van der Waals surface area contributed by atoms with Crippen molar-refractivity contribution < 1.29 is 0 Å². The van der Waals surface area contributed by atoms with Gasteiger partial charge >= 0.3 is 0 Å². The highest BCUT2D eigenvalue weighted by molar-refractivity contribution is 5.26. The molecule has 1 heteroatoms. The third kappa shape index (κ3) is 6.77. The Morgan fingerprint density at radius 1 is 1.00 bits per heavy atom. The Morgan fingerprint density at radius 2 is 1.74 bits per heavy atom. The van der Waals surface area contributed by atoms with E-state index in [1.807, 2.05) is 0 Å². The summed E-state index contributed by atoms with van der Waals surface area (Å²) in [6, 6.07) is 9.14. The first-order valence-corrected chi connectivity index (χ1v) is 7.78. The van der Waals surface area contributed by atoms with Crippen molar-refractivity contribution in [3.8, 4) is 0 Å². The van der Waals surface area contributed by atoms with Crippen LogP contribution in [-0.2, 0) is 6.42 Å². The minimum absolute atomic E-state index is 0.645. The van der Waals surface area contributed by atoms with Crippen LogP contribution >= 0.6 is 0 Å². The van der Waals surface area contributed by atoms with Gasteiger partial charge < -0.3 is 5.32 Å². The molecule has 0 aromatic heterocycles. The minimum Gasteiger partial charge on any atom is -0.316 e. The topological polar surface area (TPSA) is 12.0 Å². The van der Waals surface area contributed by atoms with Gasteiger partial charge in [0.15, 0.2) is 0 Å². The quantitative estimate of drug-likeness (QED) is 0.673. The maximum atomic E-state index is 3.53. The first kappa shape index (κ1) is 16.2. The van der Waals surface area contributed by atoms with E-state index in [1.54, 1.807) is 0 Å². The molecule has 19 heavy (non-hydrogen) atoms. The molecule has 0 saturated carbocycles. The van der Waals surface area contributed by atoms with Crippen molar-refractivity contribution in [3.05, 3.63) is 35.4 Å². The molecule has 1 nitrogen and oxygen atoms in total. The normalized spacial score (nSPS) is 13.2. The van der Waals surface area contributed by atoms with Gasteiger partial charge in [0.25, 0.3) is 0 Å². The van der Waals surface area contributed by atoms with Crippen molar-refractivity contribution in [2.75, 3.05) is 13.1 Å². The molecule has 1 unspecified atom stereocenters. The molecule has 1 rings (SSSR count). The van der Waals surface area contributed by atoms with E-state index in [-0.39, 0.29) is 0 Å². The molecule has 0 aliphatic heterocycles. The van der Waals surface area contributed by atoms with Gasteiger partial charge in [-0.25, -0.2) is 0 Å². The summed E-state index contributed by atoms with van der Waals surface area (Å²) < 4.78 is 0. The van der Waals surface area contributed by atoms with Gasteiger partial charge in [0.05, 0.1) is 0 Å². The summed E-state index contributed by atoms with van der Waals surface area (Å²) >= 11 is 0. The van der Waals surface area contributed by atoms with Gasteiger partial charge in [0.2, 0.25) is 0 Å². The maximum absolute atomic E-state index is 3.53. The first-order chi connectivity index (χ1) is 8.99. The van der Waals surface area contributed by atoms with Crippen LogP contribution in [0.2, 0.25) is 0 Å². The number of nitrogens with one attached hydrogen (secondary N) is 1. The SMILES string of the molecule is CC(C)CNCCC(C)c1cccc(CC(C)C)c1. The van der Waals surface area contributed by atoms with Gasteiger partial charge in [-0.3, -0.25) is 0 Å². The Balaban J connectivity index is 2.45. The third-order valence-corrected chi connectivity index (χ3v) is 3.47. The highest BCUT2D eigenvalue weighted by Gasteiger charge is 2.07. The molecule has 0 saturated heterocycles. The minimum atomic E-state index is 0.645. The lowest BCUT2D eigenvalue weighted by Gasteiger charge is -2.15. The molecule has 1 N–H and O–H groups in total. The molecule has 0 bridgehead atoms. The molecular weight excluding hydrogens is 230 g/mol. The average Bonchev–Trinajstić information content (AvgIpc) is 2.33. The fraction of sp³-hybridized carbons (Fsp3) is 0.667. The van der Waals surface area contributed by atoms with Crippen LogP contribution in [0.3, 0.4) is 0 Å². The van der Waals surface area contributed by atoms with Gasteiger partial charge in [-0.2, -0.15) is 0 Å². The van der Waals surface area contributed by atoms with E-state index in [0.717, 1.165) is 24.9 Å². The lowest BCUT2D eigenvalue weighted by molar-refractivity contribution is 0.524.